The van der Waals surface area contributed by atoms with Gasteiger partial charge in [0.2, 0.25) is 5.91 Å². The van der Waals surface area contributed by atoms with E-state index in [9.17, 15) is 23.2 Å². The van der Waals surface area contributed by atoms with Crippen molar-refractivity contribution in [3.63, 3.8) is 0 Å². The first-order valence-electron chi connectivity index (χ1n) is 6.36. The lowest BCUT2D eigenvalue weighted by Crippen LogP contribution is -2.41. The molecule has 1 atom stereocenters. The molecule has 0 bridgehead atoms. The Hall–Kier alpha value is -2.51. The summed E-state index contributed by atoms with van der Waals surface area (Å²) in [6, 6.07) is 1.70. The van der Waals surface area contributed by atoms with Gasteiger partial charge in [0.15, 0.2) is 11.6 Å². The maximum absolute atomic E-state index is 13.0. The van der Waals surface area contributed by atoms with Crippen LogP contribution < -0.4 is 5.32 Å². The van der Waals surface area contributed by atoms with Gasteiger partial charge in [0.1, 0.15) is 6.04 Å². The quantitative estimate of drug-likeness (QED) is 0.733. The number of rotatable bonds is 7. The number of amides is 1. The first-order chi connectivity index (χ1) is 10.3. The van der Waals surface area contributed by atoms with Crippen LogP contribution in [-0.4, -0.2) is 36.1 Å². The number of carbonyl (C=O) groups is 3. The summed E-state index contributed by atoms with van der Waals surface area (Å²) in [7, 11) is 1.17. The lowest BCUT2D eigenvalue weighted by molar-refractivity contribution is -0.144. The molecule has 0 aromatic heterocycles. The molecule has 0 saturated heterocycles. The van der Waals surface area contributed by atoms with Crippen LogP contribution >= 0.6 is 0 Å². The molecule has 1 amide bonds. The zero-order valence-corrected chi connectivity index (χ0v) is 11.8. The summed E-state index contributed by atoms with van der Waals surface area (Å²) in [5.74, 6) is -4.71. The van der Waals surface area contributed by atoms with Gasteiger partial charge >= 0.3 is 11.9 Å². The Bertz CT molecular complexity index is 576. The second kappa shape index (κ2) is 8.06. The van der Waals surface area contributed by atoms with Gasteiger partial charge in [-0.1, -0.05) is 6.07 Å². The highest BCUT2D eigenvalue weighted by atomic mass is 19.2. The zero-order chi connectivity index (χ0) is 16.7. The van der Waals surface area contributed by atoms with E-state index in [-0.39, 0.29) is 24.8 Å². The van der Waals surface area contributed by atoms with E-state index in [1.54, 1.807) is 0 Å². The van der Waals surface area contributed by atoms with Crippen molar-refractivity contribution >= 4 is 17.8 Å². The van der Waals surface area contributed by atoms with E-state index < -0.39 is 35.5 Å². The topological polar surface area (TPSA) is 92.7 Å². The Morgan fingerprint density at radius 1 is 1.27 bits per heavy atom. The van der Waals surface area contributed by atoms with Crippen molar-refractivity contribution in [1.82, 2.24) is 5.32 Å². The molecule has 1 aromatic carbocycles. The number of ether oxygens (including phenoxy) is 1. The third-order valence-corrected chi connectivity index (χ3v) is 2.85. The van der Waals surface area contributed by atoms with Crippen LogP contribution in [0, 0.1) is 11.6 Å². The average Bonchev–Trinajstić information content (AvgIpc) is 2.46. The Kier molecular flexibility index (Phi) is 6.43. The van der Waals surface area contributed by atoms with Gasteiger partial charge in [0, 0.05) is 6.42 Å². The Labute approximate surface area is 125 Å². The van der Waals surface area contributed by atoms with Gasteiger partial charge in [-0.05, 0) is 24.1 Å². The van der Waals surface area contributed by atoms with Gasteiger partial charge in [-0.15, -0.1) is 0 Å². The number of hydrogen-bond acceptors (Lipinski definition) is 4. The fourth-order valence-corrected chi connectivity index (χ4v) is 1.70. The van der Waals surface area contributed by atoms with Crippen molar-refractivity contribution in [2.45, 2.75) is 25.3 Å². The SMILES string of the molecule is COC(=O)CC[C@H](NC(=O)Cc1ccc(F)c(F)c1)C(=O)O. The molecule has 0 fully saturated rings. The monoisotopic (exact) mass is 315 g/mol. The molecule has 0 unspecified atom stereocenters. The molecular formula is C14H15F2NO5. The summed E-state index contributed by atoms with van der Waals surface area (Å²) in [5.41, 5.74) is 0.202. The minimum Gasteiger partial charge on any atom is -0.480 e. The second-order valence-electron chi connectivity index (χ2n) is 4.50. The summed E-state index contributed by atoms with van der Waals surface area (Å²) >= 11 is 0. The van der Waals surface area contributed by atoms with Gasteiger partial charge in [-0.3, -0.25) is 9.59 Å². The highest BCUT2D eigenvalue weighted by Gasteiger charge is 2.21. The number of aliphatic carboxylic acids is 1. The Balaban J connectivity index is 2.61. The Morgan fingerprint density at radius 3 is 2.50 bits per heavy atom. The number of carboxylic acid groups (broad SMARTS) is 1. The molecule has 8 heteroatoms. The van der Waals surface area contributed by atoms with Crippen molar-refractivity contribution in [1.29, 1.82) is 0 Å². The highest BCUT2D eigenvalue weighted by molar-refractivity contribution is 5.85. The second-order valence-corrected chi connectivity index (χ2v) is 4.50. The first-order valence-corrected chi connectivity index (χ1v) is 6.36. The van der Waals surface area contributed by atoms with Crippen LogP contribution in [0.25, 0.3) is 0 Å². The van der Waals surface area contributed by atoms with Crippen molar-refractivity contribution in [3.05, 3.63) is 35.4 Å². The number of benzene rings is 1. The minimum absolute atomic E-state index is 0.133. The fraction of sp³-hybridized carbons (Fsp3) is 0.357. The van der Waals surface area contributed by atoms with E-state index in [2.05, 4.69) is 10.1 Å². The third-order valence-electron chi connectivity index (χ3n) is 2.85. The van der Waals surface area contributed by atoms with E-state index in [0.717, 1.165) is 12.1 Å². The van der Waals surface area contributed by atoms with Gasteiger partial charge in [-0.25, -0.2) is 13.6 Å². The fourth-order valence-electron chi connectivity index (χ4n) is 1.70. The average molecular weight is 315 g/mol. The molecule has 0 heterocycles. The van der Waals surface area contributed by atoms with Crippen molar-refractivity contribution in [2.24, 2.45) is 0 Å². The van der Waals surface area contributed by atoms with Crippen LogP contribution in [-0.2, 0) is 25.5 Å². The molecule has 0 aliphatic heterocycles. The molecule has 2 N–H and O–H groups in total. The smallest absolute Gasteiger partial charge is 0.326 e. The zero-order valence-electron chi connectivity index (χ0n) is 11.8. The van der Waals surface area contributed by atoms with E-state index in [1.807, 2.05) is 0 Å². The van der Waals surface area contributed by atoms with Crippen LogP contribution in [0.2, 0.25) is 0 Å². The molecule has 0 spiro atoms. The Morgan fingerprint density at radius 2 is 1.95 bits per heavy atom. The number of halogens is 2. The normalized spacial score (nSPS) is 11.6. The summed E-state index contributed by atoms with van der Waals surface area (Å²) in [5, 5.41) is 11.2. The largest absolute Gasteiger partial charge is 0.480 e. The number of hydrogen-bond donors (Lipinski definition) is 2. The summed E-state index contributed by atoms with van der Waals surface area (Å²) in [6.45, 7) is 0. The number of carbonyl (C=O) groups excluding carboxylic acids is 2. The van der Waals surface area contributed by atoms with Gasteiger partial charge < -0.3 is 15.2 Å². The molecule has 22 heavy (non-hydrogen) atoms. The number of methoxy groups -OCH3 is 1. The number of carboxylic acids is 1. The van der Waals surface area contributed by atoms with Crippen molar-refractivity contribution in [3.8, 4) is 0 Å². The van der Waals surface area contributed by atoms with Gasteiger partial charge in [-0.2, -0.15) is 0 Å². The predicted molar refractivity (Wildman–Crippen MR) is 70.9 cm³/mol. The maximum Gasteiger partial charge on any atom is 0.326 e. The number of esters is 1. The standard InChI is InChI=1S/C14H15F2NO5/c1-22-13(19)5-4-11(14(20)21)17-12(18)7-8-2-3-9(15)10(16)6-8/h2-3,6,11H,4-5,7H2,1H3,(H,17,18)(H,20,21)/t11-/m0/s1. The molecule has 120 valence electrons. The summed E-state index contributed by atoms with van der Waals surface area (Å²) < 4.78 is 30.2. The van der Waals surface area contributed by atoms with E-state index in [0.29, 0.717) is 0 Å². The maximum atomic E-state index is 13.0. The first kappa shape index (κ1) is 17.5. The van der Waals surface area contributed by atoms with E-state index in [4.69, 9.17) is 5.11 Å². The highest BCUT2D eigenvalue weighted by Crippen LogP contribution is 2.09. The van der Waals surface area contributed by atoms with E-state index in [1.165, 1.54) is 13.2 Å². The third kappa shape index (κ3) is 5.47. The lowest BCUT2D eigenvalue weighted by atomic mass is 10.1. The molecule has 0 radical (unpaired) electrons. The predicted octanol–water partition coefficient (Wildman–Crippen LogP) is 1.03. The van der Waals surface area contributed by atoms with Crippen LogP contribution in [0.1, 0.15) is 18.4 Å². The van der Waals surface area contributed by atoms with Crippen molar-refractivity contribution in [2.75, 3.05) is 7.11 Å². The molecule has 0 aliphatic carbocycles. The molecule has 1 aromatic rings. The summed E-state index contributed by atoms with van der Waals surface area (Å²) in [6.07, 6.45) is -0.607. The molecule has 1 rings (SSSR count). The van der Waals surface area contributed by atoms with Gasteiger partial charge in [0.25, 0.3) is 0 Å². The molecule has 6 nitrogen and oxygen atoms in total. The van der Waals surface area contributed by atoms with Crippen molar-refractivity contribution < 1.29 is 33.0 Å². The van der Waals surface area contributed by atoms with Gasteiger partial charge in [0.05, 0.1) is 13.5 Å². The number of nitrogens with one attached hydrogen (secondary N) is 1. The minimum atomic E-state index is -1.30. The van der Waals surface area contributed by atoms with Crippen LogP contribution in [0.15, 0.2) is 18.2 Å². The van der Waals surface area contributed by atoms with Crippen LogP contribution in [0.4, 0.5) is 8.78 Å². The van der Waals surface area contributed by atoms with E-state index >= 15 is 0 Å². The van der Waals surface area contributed by atoms with Crippen LogP contribution in [0.3, 0.4) is 0 Å². The molecule has 0 aliphatic rings. The van der Waals surface area contributed by atoms with Crippen LogP contribution in [0.5, 0.6) is 0 Å². The summed E-state index contributed by atoms with van der Waals surface area (Å²) in [4.78, 5) is 33.7. The molecular weight excluding hydrogens is 300 g/mol. The lowest BCUT2D eigenvalue weighted by Gasteiger charge is -2.14. The molecule has 0 saturated carbocycles.